The van der Waals surface area contributed by atoms with Crippen molar-refractivity contribution in [2.24, 2.45) is 11.8 Å². The van der Waals surface area contributed by atoms with Crippen molar-refractivity contribution in [1.82, 2.24) is 15.2 Å². The Balaban J connectivity index is 0.00000387. The van der Waals surface area contributed by atoms with Crippen LogP contribution in [0, 0.1) is 11.8 Å². The summed E-state index contributed by atoms with van der Waals surface area (Å²) in [5.74, 6) is -0.334. The number of benzene rings is 1. The van der Waals surface area contributed by atoms with Crippen LogP contribution in [-0.4, -0.2) is 59.8 Å². The molecule has 3 fully saturated rings. The number of pyridine rings is 1. The number of hydrogen-bond acceptors (Lipinski definition) is 7. The van der Waals surface area contributed by atoms with Gasteiger partial charge in [0.05, 0.1) is 11.8 Å². The van der Waals surface area contributed by atoms with Crippen LogP contribution < -0.4 is 10.2 Å². The largest absolute Gasteiger partial charge is 0.461 e. The van der Waals surface area contributed by atoms with Gasteiger partial charge in [-0.2, -0.15) is 0 Å². The van der Waals surface area contributed by atoms with E-state index in [-0.39, 0.29) is 55.5 Å². The maximum Gasteiger partial charge on any atom is 0.311 e. The van der Waals surface area contributed by atoms with Gasteiger partial charge in [-0.1, -0.05) is 42.8 Å². The van der Waals surface area contributed by atoms with Crippen LogP contribution >= 0.6 is 0 Å². The van der Waals surface area contributed by atoms with Crippen LogP contribution in [0.15, 0.2) is 48.7 Å². The first-order valence-electron chi connectivity index (χ1n) is 14.4. The lowest BCUT2D eigenvalue weighted by Crippen LogP contribution is -2.39. The van der Waals surface area contributed by atoms with E-state index in [4.69, 9.17) is 4.74 Å². The highest BCUT2D eigenvalue weighted by atomic mass is 16.5. The van der Waals surface area contributed by atoms with Gasteiger partial charge < -0.3 is 14.5 Å². The lowest BCUT2D eigenvalue weighted by Gasteiger charge is -2.29. The third-order valence-corrected chi connectivity index (χ3v) is 8.67. The van der Waals surface area contributed by atoms with Crippen LogP contribution in [-0.2, 0) is 30.5 Å². The van der Waals surface area contributed by atoms with Gasteiger partial charge in [0.25, 0.3) is 0 Å². The minimum Gasteiger partial charge on any atom is -0.461 e. The van der Waals surface area contributed by atoms with Crippen molar-refractivity contribution in [2.75, 3.05) is 25.0 Å². The number of carbonyl (C=O) groups excluding carboxylic acids is 4. The summed E-state index contributed by atoms with van der Waals surface area (Å²) in [6, 6.07) is 13.8. The monoisotopic (exact) mass is 548 g/mol. The zero-order valence-electron chi connectivity index (χ0n) is 23.1. The third kappa shape index (κ3) is 6.51. The van der Waals surface area contributed by atoms with Gasteiger partial charge in [-0.25, -0.2) is 4.98 Å². The molecule has 214 valence electrons. The Bertz CT molecular complexity index is 1220. The van der Waals surface area contributed by atoms with E-state index < -0.39 is 0 Å². The molecule has 2 aliphatic heterocycles. The van der Waals surface area contributed by atoms with Gasteiger partial charge in [0.1, 0.15) is 12.4 Å². The van der Waals surface area contributed by atoms with Crippen molar-refractivity contribution in [3.63, 3.8) is 0 Å². The molecule has 1 aliphatic carbocycles. The van der Waals surface area contributed by atoms with E-state index in [1.165, 1.54) is 0 Å². The molecular weight excluding hydrogens is 508 g/mol. The number of carbonyl (C=O) groups is 4. The fraction of sp³-hybridized carbons (Fsp3) is 0.516. The molecule has 2 aromatic rings. The number of hydrogen-bond donors (Lipinski definition) is 1. The van der Waals surface area contributed by atoms with Crippen molar-refractivity contribution in [3.8, 4) is 0 Å². The lowest BCUT2D eigenvalue weighted by atomic mass is 9.92. The molecule has 0 radical (unpaired) electrons. The Labute approximate surface area is 236 Å². The minimum atomic E-state index is -0.342. The van der Waals surface area contributed by atoms with Gasteiger partial charge in [-0.15, -0.1) is 0 Å². The molecule has 0 spiro atoms. The Morgan fingerprint density at radius 3 is 2.60 bits per heavy atom. The number of piperidine rings is 1. The number of nitrogens with zero attached hydrogens (tertiary/aromatic N) is 3. The average Bonchev–Trinajstić information content (AvgIpc) is 3.34. The van der Waals surface area contributed by atoms with Crippen LogP contribution in [0.4, 0.5) is 5.82 Å². The Kier molecular flexibility index (Phi) is 8.77. The zero-order valence-corrected chi connectivity index (χ0v) is 23.1. The van der Waals surface area contributed by atoms with Gasteiger partial charge >= 0.3 is 5.97 Å². The molecule has 1 aromatic heterocycles. The standard InChI is InChI=1S/C31H38N4O5.H2/c1-34(27-14-11-23(18-32-27)26-13-15-28(36)33-29(26)37)25-9-5-8-22(10-12-25)30(38)35-17-16-24(19-35)31(39)40-20-21-6-3-2-4-7-21;/h2-4,6-7,11,14,18,22,24-26H,5,8-10,12-13,15-17,19-20H2,1H3,(H,33,36,37);1H/t22-,24-,25-,26?;/m1./s1. The quantitative estimate of drug-likeness (QED) is 0.318. The first-order valence-corrected chi connectivity index (χ1v) is 14.4. The summed E-state index contributed by atoms with van der Waals surface area (Å²) in [6.07, 6.45) is 7.72. The van der Waals surface area contributed by atoms with Crippen molar-refractivity contribution in [3.05, 3.63) is 59.8 Å². The molecule has 1 unspecified atom stereocenters. The summed E-state index contributed by atoms with van der Waals surface area (Å²) in [5, 5.41) is 2.41. The fourth-order valence-electron chi connectivity index (χ4n) is 6.18. The Morgan fingerprint density at radius 2 is 1.85 bits per heavy atom. The molecule has 1 saturated carbocycles. The summed E-state index contributed by atoms with van der Waals surface area (Å²) in [5.41, 5.74) is 1.78. The zero-order chi connectivity index (χ0) is 28.1. The number of imide groups is 1. The number of anilines is 1. The topological polar surface area (TPSA) is 109 Å². The maximum absolute atomic E-state index is 13.4. The number of ether oxygens (including phenoxy) is 1. The normalized spacial score (nSPS) is 25.2. The first kappa shape index (κ1) is 27.8. The minimum absolute atomic E-state index is 0. The molecule has 5 rings (SSSR count). The highest BCUT2D eigenvalue weighted by Crippen LogP contribution is 2.32. The van der Waals surface area contributed by atoms with Gasteiger partial charge in [0, 0.05) is 46.1 Å². The number of nitrogens with one attached hydrogen (secondary N) is 1. The molecule has 40 heavy (non-hydrogen) atoms. The molecule has 0 bridgehead atoms. The van der Waals surface area contributed by atoms with E-state index in [1.807, 2.05) is 54.4 Å². The van der Waals surface area contributed by atoms with Crippen LogP contribution in [0.25, 0.3) is 0 Å². The molecule has 9 heteroatoms. The Hall–Kier alpha value is -3.75. The number of amides is 3. The third-order valence-electron chi connectivity index (χ3n) is 8.67. The molecule has 2 saturated heterocycles. The van der Waals surface area contributed by atoms with Gasteiger partial charge in [0.2, 0.25) is 17.7 Å². The molecular formula is C31H40N4O5. The van der Waals surface area contributed by atoms with Crippen LogP contribution in [0.1, 0.15) is 69.8 Å². The number of esters is 1. The highest BCUT2D eigenvalue weighted by molar-refractivity contribution is 6.00. The maximum atomic E-state index is 13.4. The van der Waals surface area contributed by atoms with E-state index >= 15 is 0 Å². The van der Waals surface area contributed by atoms with Crippen molar-refractivity contribution in [1.29, 1.82) is 0 Å². The van der Waals surface area contributed by atoms with Crippen LogP contribution in [0.3, 0.4) is 0 Å². The predicted molar refractivity (Wildman–Crippen MR) is 151 cm³/mol. The van der Waals surface area contributed by atoms with Crippen LogP contribution in [0.2, 0.25) is 0 Å². The summed E-state index contributed by atoms with van der Waals surface area (Å²) < 4.78 is 5.52. The Morgan fingerprint density at radius 1 is 1.02 bits per heavy atom. The van der Waals surface area contributed by atoms with Crippen molar-refractivity contribution < 1.29 is 25.3 Å². The van der Waals surface area contributed by atoms with Crippen molar-refractivity contribution >= 4 is 29.5 Å². The van der Waals surface area contributed by atoms with E-state index in [0.29, 0.717) is 32.4 Å². The number of likely N-dealkylation sites (tertiary alicyclic amines) is 1. The van der Waals surface area contributed by atoms with Crippen LogP contribution in [0.5, 0.6) is 0 Å². The van der Waals surface area contributed by atoms with Gasteiger partial charge in [0.15, 0.2) is 0 Å². The predicted octanol–water partition coefficient (Wildman–Crippen LogP) is 3.82. The van der Waals surface area contributed by atoms with Crippen molar-refractivity contribution in [2.45, 2.75) is 69.9 Å². The van der Waals surface area contributed by atoms with E-state index in [2.05, 4.69) is 15.2 Å². The summed E-state index contributed by atoms with van der Waals surface area (Å²) in [7, 11) is 2.03. The lowest BCUT2D eigenvalue weighted by molar-refractivity contribution is -0.149. The second kappa shape index (κ2) is 12.6. The summed E-state index contributed by atoms with van der Waals surface area (Å²) in [4.78, 5) is 58.3. The van der Waals surface area contributed by atoms with E-state index in [0.717, 1.165) is 49.0 Å². The number of aromatic nitrogens is 1. The van der Waals surface area contributed by atoms with Gasteiger partial charge in [-0.05, 0) is 55.7 Å². The highest BCUT2D eigenvalue weighted by Gasteiger charge is 2.36. The molecule has 3 aliphatic rings. The molecule has 9 nitrogen and oxygen atoms in total. The second-order valence-electron chi connectivity index (χ2n) is 11.3. The average molecular weight is 549 g/mol. The van der Waals surface area contributed by atoms with E-state index in [9.17, 15) is 19.2 Å². The fourth-order valence-corrected chi connectivity index (χ4v) is 6.18. The number of rotatable bonds is 7. The summed E-state index contributed by atoms with van der Waals surface area (Å²) in [6.45, 7) is 1.30. The molecule has 3 amide bonds. The first-order chi connectivity index (χ1) is 19.4. The molecule has 3 heterocycles. The second-order valence-corrected chi connectivity index (χ2v) is 11.3. The smallest absolute Gasteiger partial charge is 0.311 e. The summed E-state index contributed by atoms with van der Waals surface area (Å²) >= 11 is 0. The molecule has 1 aromatic carbocycles. The molecule has 1 N–H and O–H groups in total. The molecule has 4 atom stereocenters. The van der Waals surface area contributed by atoms with Gasteiger partial charge in [-0.3, -0.25) is 24.5 Å². The van der Waals surface area contributed by atoms with E-state index in [1.54, 1.807) is 6.20 Å². The SMILES string of the molecule is CN(c1ccc(C2CCC(=O)NC2=O)cn1)[C@@H]1CCC[C@@H](C(=O)N2CC[C@@H](C(=O)OCc3ccccc3)C2)CC1.[HH].